The number of nitrogens with zero attached hydrogens (tertiary/aromatic N) is 3. The molecule has 144 valence electrons. The molecule has 8 nitrogen and oxygen atoms in total. The van der Waals surface area contributed by atoms with E-state index < -0.39 is 22.0 Å². The van der Waals surface area contributed by atoms with E-state index in [2.05, 4.69) is 22.1 Å². The van der Waals surface area contributed by atoms with Gasteiger partial charge in [-0.05, 0) is 18.2 Å². The number of fused-ring (bicyclic) bond motifs is 1. The Kier molecular flexibility index (Phi) is 5.94. The minimum atomic E-state index is -3.62. The van der Waals surface area contributed by atoms with Crippen LogP contribution in [0.1, 0.15) is 0 Å². The molecule has 0 saturated carbocycles. The van der Waals surface area contributed by atoms with Gasteiger partial charge < -0.3 is 4.74 Å². The van der Waals surface area contributed by atoms with Crippen LogP contribution in [-0.2, 0) is 14.8 Å². The lowest BCUT2D eigenvalue weighted by molar-refractivity contribution is -0.122. The highest BCUT2D eigenvalue weighted by Gasteiger charge is 2.35. The topological polar surface area (TPSA) is 101 Å². The molecule has 3 rings (SSSR count). The molecule has 2 aromatic rings. The molecule has 1 amide bonds. The van der Waals surface area contributed by atoms with Gasteiger partial charge in [-0.2, -0.15) is 0 Å². The SMILES string of the molecule is C=CCSc1nnc(NC(=O)[C@@H]2CN(S(C)(=O)=O)c3cc(Cl)ccc3O2)s1. The van der Waals surface area contributed by atoms with Gasteiger partial charge in [0.15, 0.2) is 10.4 Å². The van der Waals surface area contributed by atoms with E-state index in [1.807, 2.05) is 0 Å². The number of sulfonamides is 1. The van der Waals surface area contributed by atoms with Crippen LogP contribution in [0.2, 0.25) is 5.02 Å². The van der Waals surface area contributed by atoms with Crippen LogP contribution in [-0.4, -0.2) is 49.2 Å². The van der Waals surface area contributed by atoms with Gasteiger partial charge in [-0.25, -0.2) is 8.42 Å². The van der Waals surface area contributed by atoms with Gasteiger partial charge in [-0.1, -0.05) is 40.8 Å². The van der Waals surface area contributed by atoms with Gasteiger partial charge in [-0.15, -0.1) is 16.8 Å². The monoisotopic (exact) mass is 446 g/mol. The van der Waals surface area contributed by atoms with Crippen LogP contribution >= 0.6 is 34.7 Å². The average Bonchev–Trinajstić information content (AvgIpc) is 3.05. The van der Waals surface area contributed by atoms with Crippen LogP contribution < -0.4 is 14.4 Å². The maximum atomic E-state index is 12.6. The fourth-order valence-electron chi connectivity index (χ4n) is 2.31. The van der Waals surface area contributed by atoms with Crippen LogP contribution in [0, 0.1) is 0 Å². The molecule has 0 spiro atoms. The quantitative estimate of drug-likeness (QED) is 0.413. The van der Waals surface area contributed by atoms with Crippen LogP contribution in [0.15, 0.2) is 35.2 Å². The van der Waals surface area contributed by atoms with Gasteiger partial charge in [0, 0.05) is 10.8 Å². The van der Waals surface area contributed by atoms with E-state index in [9.17, 15) is 13.2 Å². The zero-order chi connectivity index (χ0) is 19.6. The summed E-state index contributed by atoms with van der Waals surface area (Å²) < 4.78 is 31.8. The van der Waals surface area contributed by atoms with E-state index in [0.717, 1.165) is 10.6 Å². The molecular weight excluding hydrogens is 432 g/mol. The number of carbonyl (C=O) groups excluding carboxylic acids is 1. The number of thioether (sulfide) groups is 1. The van der Waals surface area contributed by atoms with Gasteiger partial charge in [-0.3, -0.25) is 14.4 Å². The number of halogens is 1. The first-order valence-electron chi connectivity index (χ1n) is 7.60. The predicted octanol–water partition coefficient (Wildman–Crippen LogP) is 2.64. The number of aromatic nitrogens is 2. The number of benzene rings is 1. The molecule has 0 radical (unpaired) electrons. The maximum absolute atomic E-state index is 12.6. The second kappa shape index (κ2) is 8.05. The van der Waals surface area contributed by atoms with E-state index in [0.29, 0.717) is 25.9 Å². The van der Waals surface area contributed by atoms with Gasteiger partial charge in [0.05, 0.1) is 18.5 Å². The molecule has 0 aliphatic carbocycles. The van der Waals surface area contributed by atoms with E-state index in [4.69, 9.17) is 16.3 Å². The van der Waals surface area contributed by atoms with Crippen LogP contribution in [0.25, 0.3) is 0 Å². The molecule has 0 unspecified atom stereocenters. The highest BCUT2D eigenvalue weighted by atomic mass is 35.5. The predicted molar refractivity (Wildman–Crippen MR) is 108 cm³/mol. The number of amides is 1. The Bertz CT molecular complexity index is 979. The van der Waals surface area contributed by atoms with Gasteiger partial charge in [0.1, 0.15) is 5.75 Å². The highest BCUT2D eigenvalue weighted by Crippen LogP contribution is 2.37. The second-order valence-corrected chi connectivity index (χ2v) is 10.1. The minimum Gasteiger partial charge on any atom is -0.476 e. The van der Waals surface area contributed by atoms with Gasteiger partial charge in [0.2, 0.25) is 15.2 Å². The third-order valence-corrected chi connectivity index (χ3v) is 6.79. The van der Waals surface area contributed by atoms with Gasteiger partial charge in [0.25, 0.3) is 5.91 Å². The second-order valence-electron chi connectivity index (χ2n) is 5.47. The number of hydrogen-bond donors (Lipinski definition) is 1. The molecule has 1 aromatic heterocycles. The Balaban J connectivity index is 1.78. The maximum Gasteiger partial charge on any atom is 0.269 e. The molecule has 2 heterocycles. The van der Waals surface area contributed by atoms with Crippen molar-refractivity contribution in [1.29, 1.82) is 0 Å². The Labute approximate surface area is 169 Å². The van der Waals surface area contributed by atoms with Crippen molar-refractivity contribution < 1.29 is 17.9 Å². The average molecular weight is 447 g/mol. The molecule has 1 atom stereocenters. The van der Waals surface area contributed by atoms with Crippen molar-refractivity contribution in [3.8, 4) is 5.75 Å². The first-order chi connectivity index (χ1) is 12.8. The summed E-state index contributed by atoms with van der Waals surface area (Å²) in [4.78, 5) is 12.6. The van der Waals surface area contributed by atoms with Crippen LogP contribution in [0.3, 0.4) is 0 Å². The van der Waals surface area contributed by atoms with Crippen molar-refractivity contribution in [2.24, 2.45) is 0 Å². The zero-order valence-corrected chi connectivity index (χ0v) is 17.3. The number of anilines is 2. The molecule has 0 saturated heterocycles. The fourth-order valence-corrected chi connectivity index (χ4v) is 4.90. The Morgan fingerprint density at radius 3 is 3.04 bits per heavy atom. The van der Waals surface area contributed by atoms with Crippen molar-refractivity contribution in [2.45, 2.75) is 10.4 Å². The Morgan fingerprint density at radius 1 is 1.56 bits per heavy atom. The molecule has 27 heavy (non-hydrogen) atoms. The van der Waals surface area contributed by atoms with Gasteiger partial charge >= 0.3 is 0 Å². The lowest BCUT2D eigenvalue weighted by Crippen LogP contribution is -2.48. The molecule has 1 aromatic carbocycles. The van der Waals surface area contributed by atoms with Crippen molar-refractivity contribution in [2.75, 3.05) is 28.2 Å². The highest BCUT2D eigenvalue weighted by molar-refractivity contribution is 8.01. The fraction of sp³-hybridized carbons (Fsp3) is 0.267. The molecule has 1 aliphatic rings. The summed E-state index contributed by atoms with van der Waals surface area (Å²) in [5.74, 6) is 0.424. The molecule has 0 bridgehead atoms. The normalized spacial score (nSPS) is 16.4. The summed E-state index contributed by atoms with van der Waals surface area (Å²) >= 11 is 8.62. The van der Waals surface area contributed by atoms with E-state index in [-0.39, 0.29) is 12.3 Å². The zero-order valence-electron chi connectivity index (χ0n) is 14.1. The third kappa shape index (κ3) is 4.72. The summed E-state index contributed by atoms with van der Waals surface area (Å²) in [5, 5.41) is 11.2. The first kappa shape index (κ1) is 19.9. The molecule has 12 heteroatoms. The summed E-state index contributed by atoms with van der Waals surface area (Å²) in [5.41, 5.74) is 0.299. The standard InChI is InChI=1S/C15H15ClN4O4S3/c1-3-6-25-15-19-18-14(26-15)17-13(21)12-8-20(27(2,22)23)10-7-9(16)4-5-11(10)24-12/h3-5,7,12H,1,6,8H2,2H3,(H,17,18,21)/t12-/m0/s1. The van der Waals surface area contributed by atoms with E-state index in [1.165, 1.54) is 35.2 Å². The third-order valence-electron chi connectivity index (χ3n) is 3.44. The summed E-state index contributed by atoms with van der Waals surface area (Å²) in [7, 11) is -3.62. The lowest BCUT2D eigenvalue weighted by atomic mass is 10.2. The molecular formula is C15H15ClN4O4S3. The smallest absolute Gasteiger partial charge is 0.269 e. The Morgan fingerprint density at radius 2 is 2.33 bits per heavy atom. The first-order valence-corrected chi connectivity index (χ1v) is 11.6. The van der Waals surface area contributed by atoms with Crippen LogP contribution in [0.5, 0.6) is 5.75 Å². The summed E-state index contributed by atoms with van der Waals surface area (Å²) in [6.07, 6.45) is 1.76. The molecule has 0 fully saturated rings. The van der Waals surface area contributed by atoms with Crippen molar-refractivity contribution in [1.82, 2.24) is 10.2 Å². The number of rotatable bonds is 6. The van der Waals surface area contributed by atoms with E-state index >= 15 is 0 Å². The number of ether oxygens (including phenoxy) is 1. The Hall–Kier alpha value is -1.82. The molecule has 1 N–H and O–H groups in total. The summed E-state index contributed by atoms with van der Waals surface area (Å²) in [6, 6.07) is 4.58. The number of hydrogen-bond acceptors (Lipinski definition) is 8. The van der Waals surface area contributed by atoms with Crippen molar-refractivity contribution >= 4 is 61.4 Å². The van der Waals surface area contributed by atoms with Crippen molar-refractivity contribution in [3.63, 3.8) is 0 Å². The van der Waals surface area contributed by atoms with Crippen LogP contribution in [0.4, 0.5) is 10.8 Å². The number of carbonyl (C=O) groups is 1. The van der Waals surface area contributed by atoms with Crippen molar-refractivity contribution in [3.05, 3.63) is 35.9 Å². The minimum absolute atomic E-state index is 0.172. The largest absolute Gasteiger partial charge is 0.476 e. The lowest BCUT2D eigenvalue weighted by Gasteiger charge is -2.33. The molecule has 1 aliphatic heterocycles. The number of nitrogens with one attached hydrogen (secondary N) is 1. The summed E-state index contributed by atoms with van der Waals surface area (Å²) in [6.45, 7) is 3.46. The van der Waals surface area contributed by atoms with E-state index in [1.54, 1.807) is 12.1 Å².